The van der Waals surface area contributed by atoms with Crippen molar-refractivity contribution >= 4 is 23.2 Å². The van der Waals surface area contributed by atoms with Crippen LogP contribution in [0.25, 0.3) is 11.4 Å². The van der Waals surface area contributed by atoms with E-state index in [2.05, 4.69) is 15.3 Å². The van der Waals surface area contributed by atoms with Crippen LogP contribution < -0.4 is 5.32 Å². The van der Waals surface area contributed by atoms with E-state index in [1.54, 1.807) is 24.3 Å². The van der Waals surface area contributed by atoms with Gasteiger partial charge in [-0.1, -0.05) is 23.7 Å². The van der Waals surface area contributed by atoms with E-state index in [-0.39, 0.29) is 5.56 Å². The van der Waals surface area contributed by atoms with Crippen molar-refractivity contribution in [3.05, 3.63) is 77.1 Å². The second-order valence-corrected chi connectivity index (χ2v) is 5.35. The first-order valence-electron chi connectivity index (χ1n) is 6.87. The zero-order valence-electron chi connectivity index (χ0n) is 12.1. The van der Waals surface area contributed by atoms with Gasteiger partial charge >= 0.3 is 0 Å². The van der Waals surface area contributed by atoms with E-state index in [0.29, 0.717) is 22.6 Å². The molecule has 7 heteroatoms. The van der Waals surface area contributed by atoms with Gasteiger partial charge in [0.25, 0.3) is 5.91 Å². The molecule has 4 nitrogen and oxygen atoms in total. The van der Waals surface area contributed by atoms with E-state index in [1.807, 2.05) is 0 Å². The molecule has 1 N–H and O–H groups in total. The molecule has 0 aliphatic rings. The number of hydrogen-bond donors (Lipinski definition) is 1. The van der Waals surface area contributed by atoms with E-state index < -0.39 is 17.5 Å². The average molecular weight is 346 g/mol. The van der Waals surface area contributed by atoms with Gasteiger partial charge in [0.05, 0.1) is 18.1 Å². The summed E-state index contributed by atoms with van der Waals surface area (Å²) in [6.45, 7) is 0. The summed E-state index contributed by atoms with van der Waals surface area (Å²) in [5.74, 6) is -1.87. The van der Waals surface area contributed by atoms with E-state index in [0.717, 1.165) is 17.7 Å². The van der Waals surface area contributed by atoms with Crippen molar-refractivity contribution in [2.45, 2.75) is 0 Å². The molecule has 1 heterocycles. The van der Waals surface area contributed by atoms with Crippen LogP contribution >= 0.6 is 11.6 Å². The molecular formula is C17H10ClF2N3O. The predicted octanol–water partition coefficient (Wildman–Crippen LogP) is 4.33. The predicted molar refractivity (Wildman–Crippen MR) is 86.8 cm³/mol. The van der Waals surface area contributed by atoms with E-state index in [9.17, 15) is 13.6 Å². The third-order valence-corrected chi connectivity index (χ3v) is 3.35. The Bertz CT molecular complexity index is 880. The molecule has 120 valence electrons. The standard InChI is InChI=1S/C17H10ClF2N3O/c18-12-3-1-2-10(4-12)16-21-8-15(9-22-16)23-17(24)11-5-13(19)7-14(20)6-11/h1-9H,(H,23,24). The molecule has 1 aromatic heterocycles. The first kappa shape index (κ1) is 16.0. The summed E-state index contributed by atoms with van der Waals surface area (Å²) >= 11 is 5.91. The summed E-state index contributed by atoms with van der Waals surface area (Å²) in [7, 11) is 0. The Labute approximate surface area is 141 Å². The molecule has 0 aliphatic carbocycles. The molecule has 0 atom stereocenters. The SMILES string of the molecule is O=C(Nc1cnc(-c2cccc(Cl)c2)nc1)c1cc(F)cc(F)c1. The van der Waals surface area contributed by atoms with Crippen LogP contribution in [0.2, 0.25) is 5.02 Å². The lowest BCUT2D eigenvalue weighted by atomic mass is 10.2. The average Bonchev–Trinajstić information content (AvgIpc) is 2.54. The third-order valence-electron chi connectivity index (χ3n) is 3.12. The van der Waals surface area contributed by atoms with Gasteiger partial charge in [-0.2, -0.15) is 0 Å². The number of hydrogen-bond acceptors (Lipinski definition) is 3. The van der Waals surface area contributed by atoms with Crippen LogP contribution in [0.5, 0.6) is 0 Å². The molecule has 0 fully saturated rings. The van der Waals surface area contributed by atoms with Gasteiger partial charge in [-0.15, -0.1) is 0 Å². The smallest absolute Gasteiger partial charge is 0.255 e. The minimum atomic E-state index is -0.826. The summed E-state index contributed by atoms with van der Waals surface area (Å²) in [6.07, 6.45) is 2.80. The van der Waals surface area contributed by atoms with Crippen LogP contribution in [0.15, 0.2) is 54.9 Å². The maximum Gasteiger partial charge on any atom is 0.255 e. The Balaban J connectivity index is 1.77. The number of amides is 1. The van der Waals surface area contributed by atoms with Crippen LogP contribution in [0.4, 0.5) is 14.5 Å². The van der Waals surface area contributed by atoms with E-state index >= 15 is 0 Å². The van der Waals surface area contributed by atoms with Crippen molar-refractivity contribution in [3.63, 3.8) is 0 Å². The summed E-state index contributed by atoms with van der Waals surface area (Å²) in [4.78, 5) is 20.3. The summed E-state index contributed by atoms with van der Waals surface area (Å²) in [5.41, 5.74) is 0.898. The quantitative estimate of drug-likeness (QED) is 0.768. The van der Waals surface area contributed by atoms with Gasteiger partial charge in [-0.3, -0.25) is 4.79 Å². The monoisotopic (exact) mass is 345 g/mol. The van der Waals surface area contributed by atoms with E-state index in [4.69, 9.17) is 11.6 Å². The molecular weight excluding hydrogens is 336 g/mol. The number of rotatable bonds is 3. The Kier molecular flexibility index (Phi) is 4.48. The molecule has 3 aromatic rings. The minimum Gasteiger partial charge on any atom is -0.319 e. The van der Waals surface area contributed by atoms with Gasteiger partial charge in [-0.25, -0.2) is 18.7 Å². The lowest BCUT2D eigenvalue weighted by Gasteiger charge is -2.06. The van der Waals surface area contributed by atoms with Crippen molar-refractivity contribution < 1.29 is 13.6 Å². The summed E-state index contributed by atoms with van der Waals surface area (Å²) in [5, 5.41) is 3.04. The van der Waals surface area contributed by atoms with E-state index in [1.165, 1.54) is 12.4 Å². The minimum absolute atomic E-state index is 0.133. The fourth-order valence-electron chi connectivity index (χ4n) is 2.06. The molecule has 0 saturated heterocycles. The van der Waals surface area contributed by atoms with Crippen molar-refractivity contribution in [1.29, 1.82) is 0 Å². The molecule has 0 aliphatic heterocycles. The van der Waals surface area contributed by atoms with Crippen LogP contribution in [0.3, 0.4) is 0 Å². The zero-order chi connectivity index (χ0) is 17.1. The second kappa shape index (κ2) is 6.72. The number of anilines is 1. The van der Waals surface area contributed by atoms with Crippen LogP contribution in [0, 0.1) is 11.6 Å². The van der Waals surface area contributed by atoms with Gasteiger partial charge in [0.15, 0.2) is 5.82 Å². The molecule has 3 rings (SSSR count). The number of halogens is 3. The fraction of sp³-hybridized carbons (Fsp3) is 0. The summed E-state index contributed by atoms with van der Waals surface area (Å²) in [6, 6.07) is 9.60. The number of nitrogens with one attached hydrogen (secondary N) is 1. The first-order valence-corrected chi connectivity index (χ1v) is 7.24. The highest BCUT2D eigenvalue weighted by molar-refractivity contribution is 6.30. The van der Waals surface area contributed by atoms with Crippen molar-refractivity contribution in [1.82, 2.24) is 9.97 Å². The largest absolute Gasteiger partial charge is 0.319 e. The highest BCUT2D eigenvalue weighted by Gasteiger charge is 2.10. The molecule has 0 radical (unpaired) electrons. The molecule has 0 spiro atoms. The van der Waals surface area contributed by atoms with Crippen molar-refractivity contribution in [3.8, 4) is 11.4 Å². The number of aromatic nitrogens is 2. The van der Waals surface area contributed by atoms with Crippen molar-refractivity contribution in [2.24, 2.45) is 0 Å². The van der Waals surface area contributed by atoms with Crippen LogP contribution in [0.1, 0.15) is 10.4 Å². The molecule has 0 unspecified atom stereocenters. The lowest BCUT2D eigenvalue weighted by Crippen LogP contribution is -2.13. The van der Waals surface area contributed by atoms with Gasteiger partial charge < -0.3 is 5.32 Å². The molecule has 0 saturated carbocycles. The number of carbonyl (C=O) groups excluding carboxylic acids is 1. The fourth-order valence-corrected chi connectivity index (χ4v) is 2.25. The van der Waals surface area contributed by atoms with Gasteiger partial charge in [-0.05, 0) is 24.3 Å². The van der Waals surface area contributed by atoms with Crippen LogP contribution in [-0.4, -0.2) is 15.9 Å². The molecule has 1 amide bonds. The highest BCUT2D eigenvalue weighted by atomic mass is 35.5. The lowest BCUT2D eigenvalue weighted by molar-refractivity contribution is 0.102. The summed E-state index contributed by atoms with van der Waals surface area (Å²) < 4.78 is 26.3. The molecule has 24 heavy (non-hydrogen) atoms. The Morgan fingerprint density at radius 1 is 1.00 bits per heavy atom. The Morgan fingerprint density at radius 2 is 1.67 bits per heavy atom. The van der Waals surface area contributed by atoms with Gasteiger partial charge in [0.1, 0.15) is 11.6 Å². The van der Waals surface area contributed by atoms with Gasteiger partial charge in [0.2, 0.25) is 0 Å². The third kappa shape index (κ3) is 3.72. The molecule has 2 aromatic carbocycles. The topological polar surface area (TPSA) is 54.9 Å². The second-order valence-electron chi connectivity index (χ2n) is 4.92. The normalized spacial score (nSPS) is 10.5. The zero-order valence-corrected chi connectivity index (χ0v) is 12.9. The molecule has 0 bridgehead atoms. The Morgan fingerprint density at radius 3 is 2.29 bits per heavy atom. The maximum atomic E-state index is 13.1. The number of carbonyl (C=O) groups is 1. The Hall–Kier alpha value is -2.86. The first-order chi connectivity index (χ1) is 11.5. The number of benzene rings is 2. The number of nitrogens with zero attached hydrogens (tertiary/aromatic N) is 2. The van der Waals surface area contributed by atoms with Crippen molar-refractivity contribution in [2.75, 3.05) is 5.32 Å². The van der Waals surface area contributed by atoms with Crippen LogP contribution in [-0.2, 0) is 0 Å². The maximum absolute atomic E-state index is 13.1. The highest BCUT2D eigenvalue weighted by Crippen LogP contribution is 2.20. The van der Waals surface area contributed by atoms with Gasteiger partial charge in [0, 0.05) is 22.2 Å².